The Labute approximate surface area is 219 Å². The third-order valence-electron chi connectivity index (χ3n) is 5.53. The molecule has 3 N–H and O–H groups in total. The van der Waals surface area contributed by atoms with Crippen LogP contribution >= 0.6 is 23.1 Å². The van der Waals surface area contributed by atoms with Gasteiger partial charge in [0.05, 0.1) is 12.1 Å². The average Bonchev–Trinajstić information content (AvgIpc) is 3.19. The van der Waals surface area contributed by atoms with Crippen LogP contribution in [0.15, 0.2) is 59.5 Å². The van der Waals surface area contributed by atoms with Gasteiger partial charge < -0.3 is 20.7 Å². The van der Waals surface area contributed by atoms with E-state index in [1.54, 1.807) is 17.0 Å². The number of nitrogens with two attached hydrogens (primary N) is 1. The van der Waals surface area contributed by atoms with E-state index in [2.05, 4.69) is 11.4 Å². The molecule has 0 bridgehead atoms. The number of nitrogen functional groups attached to an aromatic ring is 1. The third kappa shape index (κ3) is 6.01. The highest BCUT2D eigenvalue weighted by molar-refractivity contribution is 8.00. The summed E-state index contributed by atoms with van der Waals surface area (Å²) in [4.78, 5) is 29.6. The summed E-state index contributed by atoms with van der Waals surface area (Å²) in [5.74, 6) is -0.220. The maximum atomic E-state index is 13.6. The molecule has 1 atom stereocenters. The number of fused-ring (bicyclic) bond motifs is 1. The summed E-state index contributed by atoms with van der Waals surface area (Å²) >= 11 is 2.77. The van der Waals surface area contributed by atoms with Gasteiger partial charge in [0, 0.05) is 22.0 Å². The van der Waals surface area contributed by atoms with Crippen LogP contribution in [0.3, 0.4) is 0 Å². The maximum absolute atomic E-state index is 13.6. The molecule has 3 aromatic rings. The van der Waals surface area contributed by atoms with Gasteiger partial charge in [0.25, 0.3) is 0 Å². The van der Waals surface area contributed by atoms with Crippen molar-refractivity contribution in [3.05, 3.63) is 76.2 Å². The number of carbonyl (C=O) groups excluding carboxylic acids is 2. The van der Waals surface area contributed by atoms with Crippen LogP contribution in [0.1, 0.15) is 47.6 Å². The molecule has 1 aromatic heterocycles. The molecule has 1 aliphatic heterocycles. The third-order valence-corrected chi connectivity index (χ3v) is 7.93. The van der Waals surface area contributed by atoms with Crippen LogP contribution in [-0.2, 0) is 22.5 Å². The minimum Gasteiger partial charge on any atom is -0.444 e. The maximum Gasteiger partial charge on any atom is 0.410 e. The molecular formula is C27H28N4O3S2. The molecule has 2 amide bonds. The standard InChI is InChI=1S/C27H28N4O3S2/c1-27(2,3)34-26(33)31-14-13-20-21(15-28)25(36-22(20)16-31)30-24(32)23(17-7-5-4-6-8-17)35-19-11-9-18(29)10-12-19/h4-12,23H,13-14,16,29H2,1-3H3,(H,30,32). The van der Waals surface area contributed by atoms with Crippen molar-refractivity contribution in [2.45, 2.75) is 49.5 Å². The van der Waals surface area contributed by atoms with Gasteiger partial charge in [-0.25, -0.2) is 4.79 Å². The van der Waals surface area contributed by atoms with E-state index in [0.717, 1.165) is 20.9 Å². The number of thioether (sulfide) groups is 1. The molecule has 2 aromatic carbocycles. The Kier molecular flexibility index (Phi) is 7.57. The van der Waals surface area contributed by atoms with E-state index in [9.17, 15) is 14.9 Å². The molecule has 0 aliphatic carbocycles. The van der Waals surface area contributed by atoms with Crippen molar-refractivity contribution >= 4 is 45.8 Å². The molecule has 1 unspecified atom stereocenters. The predicted octanol–water partition coefficient (Wildman–Crippen LogP) is 5.97. The van der Waals surface area contributed by atoms with Gasteiger partial charge in [-0.2, -0.15) is 5.26 Å². The molecule has 0 fully saturated rings. The van der Waals surface area contributed by atoms with Crippen LogP contribution in [0.25, 0.3) is 0 Å². The van der Waals surface area contributed by atoms with E-state index < -0.39 is 10.9 Å². The Bertz CT molecular complexity index is 1290. The summed E-state index contributed by atoms with van der Waals surface area (Å²) in [5.41, 5.74) is 8.10. The second kappa shape index (κ2) is 10.6. The van der Waals surface area contributed by atoms with Crippen molar-refractivity contribution in [2.75, 3.05) is 17.6 Å². The van der Waals surface area contributed by atoms with Crippen LogP contribution in [-0.4, -0.2) is 29.0 Å². The number of hydrogen-bond acceptors (Lipinski definition) is 7. The normalized spacial score (nSPS) is 13.9. The Morgan fingerprint density at radius 3 is 2.50 bits per heavy atom. The summed E-state index contributed by atoms with van der Waals surface area (Å²) in [7, 11) is 0. The summed E-state index contributed by atoms with van der Waals surface area (Å²) in [6, 6.07) is 19.2. The number of rotatable bonds is 5. The van der Waals surface area contributed by atoms with Crippen molar-refractivity contribution in [1.82, 2.24) is 4.90 Å². The lowest BCUT2D eigenvalue weighted by molar-refractivity contribution is -0.115. The van der Waals surface area contributed by atoms with Crippen molar-refractivity contribution in [3.63, 3.8) is 0 Å². The minimum atomic E-state index is -0.585. The van der Waals surface area contributed by atoms with Gasteiger partial charge in [-0.1, -0.05) is 30.3 Å². The fourth-order valence-electron chi connectivity index (χ4n) is 3.85. The SMILES string of the molecule is CC(C)(C)OC(=O)N1CCc2c(sc(NC(=O)C(Sc3ccc(N)cc3)c3ccccc3)c2C#N)C1. The van der Waals surface area contributed by atoms with Crippen molar-refractivity contribution in [1.29, 1.82) is 5.26 Å². The first-order valence-corrected chi connectivity index (χ1v) is 13.2. The monoisotopic (exact) mass is 520 g/mol. The fraction of sp³-hybridized carbons (Fsp3) is 0.296. The highest BCUT2D eigenvalue weighted by atomic mass is 32.2. The number of nitriles is 1. The predicted molar refractivity (Wildman–Crippen MR) is 144 cm³/mol. The summed E-state index contributed by atoms with van der Waals surface area (Å²) in [6.07, 6.45) is 0.154. The average molecular weight is 521 g/mol. The minimum absolute atomic E-state index is 0.220. The number of benzene rings is 2. The summed E-state index contributed by atoms with van der Waals surface area (Å²) in [6.45, 7) is 6.30. The lowest BCUT2D eigenvalue weighted by Crippen LogP contribution is -2.39. The van der Waals surface area contributed by atoms with Gasteiger partial charge in [-0.05, 0) is 62.6 Å². The zero-order valence-electron chi connectivity index (χ0n) is 20.4. The number of amides is 2. The second-order valence-electron chi connectivity index (χ2n) is 9.44. The molecular weight excluding hydrogens is 492 g/mol. The number of ether oxygens (including phenoxy) is 1. The molecule has 0 saturated heterocycles. The lowest BCUT2D eigenvalue weighted by atomic mass is 10.0. The first-order chi connectivity index (χ1) is 17.1. The van der Waals surface area contributed by atoms with E-state index in [4.69, 9.17) is 10.5 Å². The number of anilines is 2. The highest BCUT2D eigenvalue weighted by Gasteiger charge is 2.31. The number of carbonyl (C=O) groups is 2. The van der Waals surface area contributed by atoms with Crippen LogP contribution in [0.2, 0.25) is 0 Å². The molecule has 2 heterocycles. The van der Waals surface area contributed by atoms with Crippen molar-refractivity contribution in [3.8, 4) is 6.07 Å². The van der Waals surface area contributed by atoms with Crippen molar-refractivity contribution in [2.24, 2.45) is 0 Å². The van der Waals surface area contributed by atoms with Gasteiger partial charge in [0.2, 0.25) is 5.91 Å². The zero-order chi connectivity index (χ0) is 25.9. The molecule has 36 heavy (non-hydrogen) atoms. The first-order valence-electron chi connectivity index (χ1n) is 11.5. The molecule has 7 nitrogen and oxygen atoms in total. The van der Waals surface area contributed by atoms with Gasteiger partial charge in [0.15, 0.2) is 0 Å². The Balaban J connectivity index is 1.57. The second-order valence-corrected chi connectivity index (χ2v) is 11.7. The van der Waals surface area contributed by atoms with Crippen LogP contribution < -0.4 is 11.1 Å². The van der Waals surface area contributed by atoms with Crippen molar-refractivity contribution < 1.29 is 14.3 Å². The largest absolute Gasteiger partial charge is 0.444 e. The summed E-state index contributed by atoms with van der Waals surface area (Å²) < 4.78 is 5.51. The number of nitrogens with zero attached hydrogens (tertiary/aromatic N) is 2. The molecule has 0 saturated carbocycles. The van der Waals surface area contributed by atoms with E-state index >= 15 is 0 Å². The smallest absolute Gasteiger partial charge is 0.410 e. The van der Waals surface area contributed by atoms with Gasteiger partial charge in [-0.15, -0.1) is 23.1 Å². The molecule has 0 spiro atoms. The molecule has 1 aliphatic rings. The molecule has 4 rings (SSSR count). The molecule has 186 valence electrons. The van der Waals surface area contributed by atoms with Gasteiger partial charge in [-0.3, -0.25) is 4.79 Å². The zero-order valence-corrected chi connectivity index (χ0v) is 22.0. The molecule has 9 heteroatoms. The highest BCUT2D eigenvalue weighted by Crippen LogP contribution is 2.40. The van der Waals surface area contributed by atoms with Crippen LogP contribution in [0, 0.1) is 11.3 Å². The summed E-state index contributed by atoms with van der Waals surface area (Å²) in [5, 5.41) is 12.9. The van der Waals surface area contributed by atoms with E-state index in [1.807, 2.05) is 63.2 Å². The Morgan fingerprint density at radius 1 is 1.17 bits per heavy atom. The molecule has 0 radical (unpaired) electrons. The van der Waals surface area contributed by atoms with Crippen LogP contribution in [0.4, 0.5) is 15.5 Å². The Hall–Kier alpha value is -3.48. The lowest BCUT2D eigenvalue weighted by Gasteiger charge is -2.29. The van der Waals surface area contributed by atoms with Crippen LogP contribution in [0.5, 0.6) is 0 Å². The fourth-order valence-corrected chi connectivity index (χ4v) is 6.09. The van der Waals surface area contributed by atoms with E-state index in [1.165, 1.54) is 23.1 Å². The first kappa shape index (κ1) is 25.6. The topological polar surface area (TPSA) is 108 Å². The van der Waals surface area contributed by atoms with Gasteiger partial charge >= 0.3 is 6.09 Å². The number of thiophene rings is 1. The quantitative estimate of drug-likeness (QED) is 0.317. The number of nitrogens with one attached hydrogen (secondary N) is 1. The Morgan fingerprint density at radius 2 is 1.86 bits per heavy atom. The van der Waals surface area contributed by atoms with E-state index in [0.29, 0.717) is 35.8 Å². The van der Waals surface area contributed by atoms with Gasteiger partial charge in [0.1, 0.15) is 21.9 Å². The van der Waals surface area contributed by atoms with E-state index in [-0.39, 0.29) is 12.0 Å². The number of hydrogen-bond donors (Lipinski definition) is 2.